The Morgan fingerprint density at radius 1 is 0.913 bits per heavy atom. The smallest absolute Gasteiger partial charge is 0.287 e. The van der Waals surface area contributed by atoms with Crippen LogP contribution in [0.5, 0.6) is 11.5 Å². The summed E-state index contributed by atoms with van der Waals surface area (Å²) in [7, 11) is -2.35. The van der Waals surface area contributed by atoms with Gasteiger partial charge in [0.05, 0.1) is 19.6 Å². The van der Waals surface area contributed by atoms with Crippen molar-refractivity contribution >= 4 is 28.6 Å². The number of ether oxygens (including phenoxy) is 2. The molecule has 0 atom stereocenters. The molecular formula is C16H17O5PS. The molecular weight excluding hydrogens is 335 g/mol. The molecule has 0 amide bonds. The minimum absolute atomic E-state index is 0.643. The molecule has 0 aromatic heterocycles. The van der Waals surface area contributed by atoms with E-state index in [1.54, 1.807) is 26.4 Å². The summed E-state index contributed by atoms with van der Waals surface area (Å²) in [6.07, 6.45) is 0. The first-order chi connectivity index (χ1) is 11.0. The van der Waals surface area contributed by atoms with Gasteiger partial charge in [-0.2, -0.15) is 8.42 Å². The molecule has 0 saturated carbocycles. The Labute approximate surface area is 137 Å². The molecule has 0 bridgehead atoms. The third kappa shape index (κ3) is 4.55. The topological polar surface area (TPSA) is 72.8 Å². The van der Waals surface area contributed by atoms with E-state index in [-0.39, 0.29) is 0 Å². The Morgan fingerprint density at radius 2 is 1.35 bits per heavy atom. The normalized spacial score (nSPS) is 11.8. The van der Waals surface area contributed by atoms with Crippen LogP contribution in [0.25, 0.3) is 0 Å². The number of hydrogen-bond donors (Lipinski definition) is 1. The molecule has 0 radical (unpaired) electrons. The van der Waals surface area contributed by atoms with E-state index in [1.807, 2.05) is 36.4 Å². The van der Waals surface area contributed by atoms with E-state index in [0.717, 1.165) is 16.0 Å². The van der Waals surface area contributed by atoms with Crippen LogP contribution in [-0.2, 0) is 10.1 Å². The SMILES string of the molecule is COc1ccccc1P(C=CS(=O)(=O)O)c1ccccc1OC. The molecule has 2 aromatic carbocycles. The Bertz CT molecular complexity index is 754. The van der Waals surface area contributed by atoms with Crippen LogP contribution < -0.4 is 20.1 Å². The molecule has 7 heteroatoms. The molecule has 2 aromatic rings. The Morgan fingerprint density at radius 3 is 1.74 bits per heavy atom. The van der Waals surface area contributed by atoms with Gasteiger partial charge >= 0.3 is 0 Å². The molecule has 0 spiro atoms. The van der Waals surface area contributed by atoms with E-state index < -0.39 is 18.0 Å². The number of benzene rings is 2. The van der Waals surface area contributed by atoms with Crippen molar-refractivity contribution in [3.05, 3.63) is 59.8 Å². The lowest BCUT2D eigenvalue weighted by atomic mass is 10.3. The second kappa shape index (κ2) is 7.59. The predicted octanol–water partition coefficient (Wildman–Crippen LogP) is 2.50. The molecule has 0 unspecified atom stereocenters. The Hall–Kier alpha value is -1.88. The van der Waals surface area contributed by atoms with Gasteiger partial charge in [0.15, 0.2) is 0 Å². The fourth-order valence-electron chi connectivity index (χ4n) is 2.09. The van der Waals surface area contributed by atoms with Crippen LogP contribution in [0.1, 0.15) is 0 Å². The lowest BCUT2D eigenvalue weighted by molar-refractivity contribution is 0.417. The number of para-hydroxylation sites is 2. The maximum absolute atomic E-state index is 11.1. The van der Waals surface area contributed by atoms with Crippen molar-refractivity contribution in [3.8, 4) is 11.5 Å². The van der Waals surface area contributed by atoms with Crippen LogP contribution >= 0.6 is 7.92 Å². The Balaban J connectivity index is 2.63. The summed E-state index contributed by atoms with van der Waals surface area (Å²) in [6, 6.07) is 14.7. The van der Waals surface area contributed by atoms with Crippen molar-refractivity contribution < 1.29 is 22.4 Å². The largest absolute Gasteiger partial charge is 0.496 e. The minimum Gasteiger partial charge on any atom is -0.496 e. The van der Waals surface area contributed by atoms with Gasteiger partial charge in [0.2, 0.25) is 0 Å². The first-order valence-electron chi connectivity index (χ1n) is 6.67. The third-order valence-corrected chi connectivity index (χ3v) is 5.98. The highest BCUT2D eigenvalue weighted by molar-refractivity contribution is 7.89. The first-order valence-corrected chi connectivity index (χ1v) is 9.58. The standard InChI is InChI=1S/C16H17O5PS/c1-20-13-7-3-5-9-15(13)22(11-12-23(17,18)19)16-10-6-4-8-14(16)21-2/h3-12H,1-2H3,(H,17,18,19). The van der Waals surface area contributed by atoms with E-state index in [1.165, 1.54) is 5.82 Å². The zero-order valence-electron chi connectivity index (χ0n) is 12.7. The maximum atomic E-state index is 11.1. The minimum atomic E-state index is -4.22. The summed E-state index contributed by atoms with van der Waals surface area (Å²) < 4.78 is 42.1. The molecule has 0 fully saturated rings. The van der Waals surface area contributed by atoms with Crippen molar-refractivity contribution in [2.24, 2.45) is 0 Å². The summed E-state index contributed by atoms with van der Waals surface area (Å²) >= 11 is 0. The maximum Gasteiger partial charge on any atom is 0.287 e. The van der Waals surface area contributed by atoms with Crippen LogP contribution in [0, 0.1) is 0 Å². The molecule has 2 rings (SSSR count). The summed E-state index contributed by atoms with van der Waals surface area (Å²) in [5, 5.41) is 2.46. The van der Waals surface area contributed by atoms with Gasteiger partial charge in [-0.3, -0.25) is 4.55 Å². The van der Waals surface area contributed by atoms with E-state index in [0.29, 0.717) is 11.5 Å². The third-order valence-electron chi connectivity index (χ3n) is 3.07. The highest BCUT2D eigenvalue weighted by Gasteiger charge is 2.19. The summed E-state index contributed by atoms with van der Waals surface area (Å²) in [5.74, 6) is 2.76. The molecule has 0 aliphatic heterocycles. The van der Waals surface area contributed by atoms with Crippen LogP contribution in [0.4, 0.5) is 0 Å². The Kier molecular flexibility index (Phi) is 5.77. The molecule has 1 N–H and O–H groups in total. The van der Waals surface area contributed by atoms with Gasteiger partial charge in [0.1, 0.15) is 11.5 Å². The molecule has 5 nitrogen and oxygen atoms in total. The molecule has 0 heterocycles. The second-order valence-corrected chi connectivity index (χ2v) is 7.82. The molecule has 122 valence electrons. The fourth-order valence-corrected chi connectivity index (χ4v) is 5.07. The monoisotopic (exact) mass is 352 g/mol. The molecule has 0 saturated heterocycles. The number of hydrogen-bond acceptors (Lipinski definition) is 4. The summed E-state index contributed by atoms with van der Waals surface area (Å²) in [6.45, 7) is 0. The second-order valence-electron chi connectivity index (χ2n) is 4.51. The van der Waals surface area contributed by atoms with Crippen molar-refractivity contribution in [2.75, 3.05) is 14.2 Å². The number of methoxy groups -OCH3 is 2. The van der Waals surface area contributed by atoms with E-state index in [9.17, 15) is 8.42 Å². The van der Waals surface area contributed by atoms with Gasteiger partial charge in [-0.25, -0.2) is 0 Å². The van der Waals surface area contributed by atoms with Gasteiger partial charge in [-0.1, -0.05) is 36.4 Å². The van der Waals surface area contributed by atoms with Crippen molar-refractivity contribution in [1.29, 1.82) is 0 Å². The van der Waals surface area contributed by atoms with Crippen LogP contribution in [0.2, 0.25) is 0 Å². The predicted molar refractivity (Wildman–Crippen MR) is 92.9 cm³/mol. The van der Waals surface area contributed by atoms with Gasteiger partial charge in [0, 0.05) is 10.6 Å². The van der Waals surface area contributed by atoms with Gasteiger partial charge in [0.25, 0.3) is 10.1 Å². The average Bonchev–Trinajstić information content (AvgIpc) is 2.55. The molecule has 0 aliphatic carbocycles. The molecule has 23 heavy (non-hydrogen) atoms. The molecule has 0 aliphatic rings. The lowest BCUT2D eigenvalue weighted by Crippen LogP contribution is -2.14. The highest BCUT2D eigenvalue weighted by Crippen LogP contribution is 2.41. The average molecular weight is 352 g/mol. The van der Waals surface area contributed by atoms with Crippen molar-refractivity contribution in [3.63, 3.8) is 0 Å². The fraction of sp³-hybridized carbons (Fsp3) is 0.125. The summed E-state index contributed by atoms with van der Waals surface area (Å²) in [4.78, 5) is 0. The quantitative estimate of drug-likeness (QED) is 0.639. The van der Waals surface area contributed by atoms with Crippen LogP contribution in [0.3, 0.4) is 0 Å². The van der Waals surface area contributed by atoms with Crippen molar-refractivity contribution in [2.45, 2.75) is 0 Å². The van der Waals surface area contributed by atoms with Crippen molar-refractivity contribution in [1.82, 2.24) is 0 Å². The van der Waals surface area contributed by atoms with Gasteiger partial charge in [-0.05, 0) is 25.9 Å². The van der Waals surface area contributed by atoms with Gasteiger partial charge in [-0.15, -0.1) is 0 Å². The number of rotatable bonds is 6. The van der Waals surface area contributed by atoms with Crippen LogP contribution in [0.15, 0.2) is 59.8 Å². The lowest BCUT2D eigenvalue weighted by Gasteiger charge is -2.19. The van der Waals surface area contributed by atoms with E-state index >= 15 is 0 Å². The zero-order chi connectivity index (χ0) is 16.9. The summed E-state index contributed by atoms with van der Waals surface area (Å²) in [5.41, 5.74) is 0. The van der Waals surface area contributed by atoms with E-state index in [4.69, 9.17) is 14.0 Å². The van der Waals surface area contributed by atoms with Gasteiger partial charge < -0.3 is 9.47 Å². The highest BCUT2D eigenvalue weighted by atomic mass is 32.2. The first kappa shape index (κ1) is 17.5. The van der Waals surface area contributed by atoms with Crippen LogP contribution in [-0.4, -0.2) is 27.2 Å². The van der Waals surface area contributed by atoms with E-state index in [2.05, 4.69) is 0 Å². The zero-order valence-corrected chi connectivity index (χ0v) is 14.4.